The number of benzene rings is 1. The first-order valence-corrected chi connectivity index (χ1v) is 7.69. The highest BCUT2D eigenvalue weighted by atomic mass is 16.5. The van der Waals surface area contributed by atoms with Gasteiger partial charge in [0.1, 0.15) is 11.9 Å². The lowest BCUT2D eigenvalue weighted by Gasteiger charge is -2.27. The van der Waals surface area contributed by atoms with Crippen LogP contribution in [0, 0.1) is 0 Å². The van der Waals surface area contributed by atoms with E-state index in [4.69, 9.17) is 9.47 Å². The van der Waals surface area contributed by atoms with E-state index in [-0.39, 0.29) is 17.8 Å². The minimum absolute atomic E-state index is 0.122. The summed E-state index contributed by atoms with van der Waals surface area (Å²) >= 11 is 0. The number of carboxylic acids is 1. The van der Waals surface area contributed by atoms with Gasteiger partial charge in [-0.3, -0.25) is 0 Å². The minimum Gasteiger partial charge on any atom is -0.489 e. The molecule has 0 spiro atoms. The largest absolute Gasteiger partial charge is 0.489 e. The summed E-state index contributed by atoms with van der Waals surface area (Å²) in [5.41, 5.74) is 0.998. The Morgan fingerprint density at radius 3 is 2.86 bits per heavy atom. The topological polar surface area (TPSA) is 71.0 Å². The minimum atomic E-state index is -0.947. The van der Waals surface area contributed by atoms with E-state index < -0.39 is 5.97 Å². The number of hydrogen-bond acceptors (Lipinski definition) is 5. The van der Waals surface area contributed by atoms with Crippen molar-refractivity contribution in [1.82, 2.24) is 4.90 Å². The summed E-state index contributed by atoms with van der Waals surface area (Å²) in [6, 6.07) is 5.09. The molecule has 2 atom stereocenters. The number of likely N-dealkylation sites (tertiary alicyclic amines) is 1. The maximum absolute atomic E-state index is 11.3. The van der Waals surface area contributed by atoms with Gasteiger partial charge in [-0.2, -0.15) is 0 Å². The Kier molecular flexibility index (Phi) is 4.49. The third-order valence-electron chi connectivity index (χ3n) is 4.13. The smallest absolute Gasteiger partial charge is 0.335 e. The fourth-order valence-corrected chi connectivity index (χ4v) is 2.75. The number of anilines is 1. The first kappa shape index (κ1) is 15.1. The van der Waals surface area contributed by atoms with Gasteiger partial charge in [-0.1, -0.05) is 0 Å². The quantitative estimate of drug-likeness (QED) is 0.833. The summed E-state index contributed by atoms with van der Waals surface area (Å²) in [5, 5.41) is 12.5. The summed E-state index contributed by atoms with van der Waals surface area (Å²) in [4.78, 5) is 13.5. The van der Waals surface area contributed by atoms with Gasteiger partial charge in [0.15, 0.2) is 0 Å². The predicted molar refractivity (Wildman–Crippen MR) is 82.8 cm³/mol. The second kappa shape index (κ2) is 6.54. The second-order valence-electron chi connectivity index (χ2n) is 6.00. The Hall–Kier alpha value is -1.79. The zero-order valence-electron chi connectivity index (χ0n) is 12.7. The fourth-order valence-electron chi connectivity index (χ4n) is 2.75. The molecular weight excluding hydrogens is 284 g/mol. The molecule has 120 valence electrons. The maximum Gasteiger partial charge on any atom is 0.335 e. The lowest BCUT2D eigenvalue weighted by Crippen LogP contribution is -2.33. The van der Waals surface area contributed by atoms with E-state index in [2.05, 4.69) is 17.3 Å². The lowest BCUT2D eigenvalue weighted by atomic mass is 10.1. The van der Waals surface area contributed by atoms with Crippen molar-refractivity contribution in [2.75, 3.05) is 38.6 Å². The van der Waals surface area contributed by atoms with Crippen molar-refractivity contribution in [2.24, 2.45) is 0 Å². The standard InChI is InChI=1S/C16H22N2O4/c1-18-4-2-14(10-18)22-15-7-11(16(19)20)6-12(8-15)17-9-13-3-5-21-13/h6-8,13-14,17H,2-5,9-10H2,1H3,(H,19,20)/t13-,14?/m0/s1. The van der Waals surface area contributed by atoms with Crippen LogP contribution in [0.2, 0.25) is 0 Å². The summed E-state index contributed by atoms with van der Waals surface area (Å²) in [5.74, 6) is -0.339. The van der Waals surface area contributed by atoms with E-state index in [9.17, 15) is 9.90 Å². The number of aromatic carboxylic acids is 1. The monoisotopic (exact) mass is 306 g/mol. The number of likely N-dealkylation sites (N-methyl/N-ethyl adjacent to an activating group) is 1. The predicted octanol–water partition coefficient (Wildman–Crippen LogP) is 1.67. The molecule has 1 aromatic carbocycles. The Labute approximate surface area is 130 Å². The molecule has 0 bridgehead atoms. The van der Waals surface area contributed by atoms with Gasteiger partial charge >= 0.3 is 5.97 Å². The average Bonchev–Trinajstić information content (AvgIpc) is 2.82. The molecule has 6 heteroatoms. The molecule has 1 unspecified atom stereocenters. The zero-order chi connectivity index (χ0) is 15.5. The molecule has 0 amide bonds. The van der Waals surface area contributed by atoms with E-state index in [0.29, 0.717) is 12.3 Å². The van der Waals surface area contributed by atoms with Gasteiger partial charge in [0, 0.05) is 38.0 Å². The summed E-state index contributed by atoms with van der Waals surface area (Å²) in [7, 11) is 2.06. The molecule has 3 rings (SSSR count). The molecule has 2 heterocycles. The highest BCUT2D eigenvalue weighted by Crippen LogP contribution is 2.25. The van der Waals surface area contributed by atoms with Crippen molar-refractivity contribution in [3.05, 3.63) is 23.8 Å². The fraction of sp³-hybridized carbons (Fsp3) is 0.562. The molecule has 22 heavy (non-hydrogen) atoms. The van der Waals surface area contributed by atoms with Gasteiger partial charge in [0.25, 0.3) is 0 Å². The molecule has 0 radical (unpaired) electrons. The van der Waals surface area contributed by atoms with Crippen LogP contribution in [-0.4, -0.2) is 61.5 Å². The third-order valence-corrected chi connectivity index (χ3v) is 4.13. The van der Waals surface area contributed by atoms with Crippen molar-refractivity contribution >= 4 is 11.7 Å². The Bertz CT molecular complexity index is 545. The highest BCUT2D eigenvalue weighted by molar-refractivity contribution is 5.89. The molecule has 2 aliphatic rings. The maximum atomic E-state index is 11.3. The van der Waals surface area contributed by atoms with Crippen molar-refractivity contribution in [3.8, 4) is 5.75 Å². The molecule has 2 fully saturated rings. The third kappa shape index (κ3) is 3.69. The van der Waals surface area contributed by atoms with Crippen LogP contribution in [0.5, 0.6) is 5.75 Å². The van der Waals surface area contributed by atoms with Crippen LogP contribution in [0.3, 0.4) is 0 Å². The molecule has 2 saturated heterocycles. The van der Waals surface area contributed by atoms with Crippen LogP contribution in [0.25, 0.3) is 0 Å². The van der Waals surface area contributed by atoms with Gasteiger partial charge in [0.2, 0.25) is 0 Å². The van der Waals surface area contributed by atoms with E-state index in [0.717, 1.165) is 38.2 Å². The van der Waals surface area contributed by atoms with Crippen LogP contribution in [0.15, 0.2) is 18.2 Å². The lowest BCUT2D eigenvalue weighted by molar-refractivity contribution is -0.0410. The number of nitrogens with zero attached hydrogens (tertiary/aromatic N) is 1. The van der Waals surface area contributed by atoms with Gasteiger partial charge in [-0.25, -0.2) is 4.79 Å². The Balaban J connectivity index is 1.69. The number of carbonyl (C=O) groups is 1. The van der Waals surface area contributed by atoms with Gasteiger partial charge in [-0.05, 0) is 32.0 Å². The Morgan fingerprint density at radius 1 is 1.45 bits per heavy atom. The van der Waals surface area contributed by atoms with E-state index in [1.165, 1.54) is 0 Å². The second-order valence-corrected chi connectivity index (χ2v) is 6.00. The average molecular weight is 306 g/mol. The molecule has 0 aliphatic carbocycles. The highest BCUT2D eigenvalue weighted by Gasteiger charge is 2.22. The number of rotatable bonds is 6. The number of nitrogens with one attached hydrogen (secondary N) is 1. The van der Waals surface area contributed by atoms with Crippen molar-refractivity contribution in [3.63, 3.8) is 0 Å². The SMILES string of the molecule is CN1CCC(Oc2cc(NC[C@@H]3CCO3)cc(C(=O)O)c2)C1. The van der Waals surface area contributed by atoms with Gasteiger partial charge in [0.05, 0.1) is 11.7 Å². The summed E-state index contributed by atoms with van der Waals surface area (Å²) < 4.78 is 11.3. The van der Waals surface area contributed by atoms with Crippen molar-refractivity contribution in [2.45, 2.75) is 25.0 Å². The van der Waals surface area contributed by atoms with Crippen LogP contribution >= 0.6 is 0 Å². The van der Waals surface area contributed by atoms with Crippen LogP contribution < -0.4 is 10.1 Å². The van der Waals surface area contributed by atoms with Gasteiger partial charge in [-0.15, -0.1) is 0 Å². The van der Waals surface area contributed by atoms with Gasteiger partial charge < -0.3 is 24.8 Å². The summed E-state index contributed by atoms with van der Waals surface area (Å²) in [6.07, 6.45) is 2.36. The normalized spacial score (nSPS) is 24.8. The zero-order valence-corrected chi connectivity index (χ0v) is 12.7. The van der Waals surface area contributed by atoms with Crippen LogP contribution in [-0.2, 0) is 4.74 Å². The van der Waals surface area contributed by atoms with Crippen molar-refractivity contribution in [1.29, 1.82) is 0 Å². The molecule has 0 aromatic heterocycles. The number of carboxylic acid groups (broad SMARTS) is 1. The summed E-state index contributed by atoms with van der Waals surface area (Å²) in [6.45, 7) is 3.38. The molecule has 6 nitrogen and oxygen atoms in total. The van der Waals surface area contributed by atoms with E-state index in [1.807, 2.05) is 6.07 Å². The van der Waals surface area contributed by atoms with Crippen LogP contribution in [0.4, 0.5) is 5.69 Å². The molecular formula is C16H22N2O4. The van der Waals surface area contributed by atoms with E-state index in [1.54, 1.807) is 12.1 Å². The van der Waals surface area contributed by atoms with Crippen LogP contribution in [0.1, 0.15) is 23.2 Å². The number of ether oxygens (including phenoxy) is 2. The molecule has 0 saturated carbocycles. The van der Waals surface area contributed by atoms with Crippen molar-refractivity contribution < 1.29 is 19.4 Å². The Morgan fingerprint density at radius 2 is 2.27 bits per heavy atom. The number of hydrogen-bond donors (Lipinski definition) is 2. The van der Waals surface area contributed by atoms with E-state index >= 15 is 0 Å². The first-order chi connectivity index (χ1) is 10.6. The molecule has 1 aromatic rings. The molecule has 2 N–H and O–H groups in total. The first-order valence-electron chi connectivity index (χ1n) is 7.69. The molecule has 2 aliphatic heterocycles.